The van der Waals surface area contributed by atoms with E-state index < -0.39 is 0 Å². The fraction of sp³-hybridized carbons (Fsp3) is 1.00. The van der Waals surface area contributed by atoms with Crippen LogP contribution in [-0.2, 0) is 4.74 Å². The summed E-state index contributed by atoms with van der Waals surface area (Å²) in [7, 11) is 5.61. The monoisotopic (exact) mass is 171 g/mol. The molecule has 0 bridgehead atoms. The molecule has 12 heavy (non-hydrogen) atoms. The second kappa shape index (κ2) is 4.26. The summed E-state index contributed by atoms with van der Waals surface area (Å²) in [5.74, 6) is 0. The minimum Gasteiger partial charge on any atom is -0.434 e. The molecule has 0 amide bonds. The van der Waals surface area contributed by atoms with E-state index in [4.69, 9.17) is 17.7 Å². The molecule has 3 nitrogen and oxygen atoms in total. The molecule has 0 spiro atoms. The van der Waals surface area contributed by atoms with Gasteiger partial charge in [0.15, 0.2) is 7.85 Å². The molecule has 1 aliphatic heterocycles. The lowest BCUT2D eigenvalue weighted by Gasteiger charge is -2.16. The summed E-state index contributed by atoms with van der Waals surface area (Å²) >= 11 is 0. The number of rotatable bonds is 3. The van der Waals surface area contributed by atoms with Crippen molar-refractivity contribution in [3.8, 4) is 0 Å². The largest absolute Gasteiger partial charge is 0.434 e. The number of aliphatic hydroxyl groups is 3. The topological polar surface area (TPSA) is 42.3 Å². The Labute approximate surface area is 74.5 Å². The maximum absolute atomic E-state index is 8.94. The zero-order valence-electron chi connectivity index (χ0n) is 7.60. The van der Waals surface area contributed by atoms with Gasteiger partial charge in [-0.3, -0.25) is 0 Å². The highest BCUT2D eigenvalue weighted by Crippen LogP contribution is 2.19. The summed E-state index contributed by atoms with van der Waals surface area (Å²) in [4.78, 5) is 0. The van der Waals surface area contributed by atoms with Gasteiger partial charge in [-0.2, -0.15) is 0 Å². The van der Waals surface area contributed by atoms with E-state index in [1.165, 1.54) is 0 Å². The zero-order valence-corrected chi connectivity index (χ0v) is 7.60. The Balaban J connectivity index is 2.40. The smallest absolute Gasteiger partial charge is 0.204 e. The van der Waals surface area contributed by atoms with Gasteiger partial charge < -0.3 is 14.6 Å². The van der Waals surface area contributed by atoms with E-state index in [-0.39, 0.29) is 30.9 Å². The first-order valence-electron chi connectivity index (χ1n) is 4.35. The van der Waals surface area contributed by atoms with Crippen LogP contribution >= 0.6 is 0 Å². The quantitative estimate of drug-likeness (QED) is 0.462. The molecule has 0 saturated carbocycles. The van der Waals surface area contributed by atoms with E-state index in [1.54, 1.807) is 0 Å². The predicted molar refractivity (Wildman–Crippen MR) is 47.3 cm³/mol. The highest BCUT2D eigenvalue weighted by atomic mass is 16.6. The van der Waals surface area contributed by atoms with Crippen LogP contribution in [0.2, 0.25) is 0 Å². The maximum Gasteiger partial charge on any atom is 0.204 e. The highest BCUT2D eigenvalue weighted by Gasteiger charge is 2.38. The Morgan fingerprint density at radius 3 is 2.83 bits per heavy atom. The van der Waals surface area contributed by atoms with Gasteiger partial charge in [-0.25, -0.2) is 0 Å². The van der Waals surface area contributed by atoms with Crippen molar-refractivity contribution >= 4 is 7.85 Å². The molecule has 2 N–H and O–H groups in total. The molecule has 1 heterocycles. The summed E-state index contributed by atoms with van der Waals surface area (Å²) in [5.41, 5.74) is 0. The van der Waals surface area contributed by atoms with Crippen LogP contribution in [0.3, 0.4) is 0 Å². The molecule has 0 unspecified atom stereocenters. The van der Waals surface area contributed by atoms with Crippen molar-refractivity contribution in [3.05, 3.63) is 0 Å². The molecule has 4 heteroatoms. The molecule has 1 fully saturated rings. The van der Waals surface area contributed by atoms with Crippen molar-refractivity contribution in [2.24, 2.45) is 0 Å². The first kappa shape index (κ1) is 10.0. The number of ether oxygens (including phenoxy) is 2. The third kappa shape index (κ3) is 2.47. The Morgan fingerprint density at radius 2 is 2.33 bits per heavy atom. The predicted octanol–water partition coefficient (Wildman–Crippen LogP) is -0.433. The second-order valence-corrected chi connectivity index (χ2v) is 3.43. The fourth-order valence-electron chi connectivity index (χ4n) is 1.46. The molecule has 1 aliphatic rings. The van der Waals surface area contributed by atoms with Crippen molar-refractivity contribution in [1.29, 1.82) is 0 Å². The summed E-state index contributed by atoms with van der Waals surface area (Å²) < 4.78 is 9.70. The van der Waals surface area contributed by atoms with Crippen molar-refractivity contribution in [2.75, 3.05) is 6.61 Å². The SMILES string of the molecule is [B][C@H]1C[C@@H](OC(C)C)[C@@H](CO)[OH+]1. The van der Waals surface area contributed by atoms with Crippen LogP contribution < -0.4 is 0 Å². The molecule has 0 aromatic rings. The number of hydrogen-bond acceptors (Lipinski definition) is 2. The van der Waals surface area contributed by atoms with Gasteiger partial charge in [-0.1, -0.05) is 0 Å². The van der Waals surface area contributed by atoms with E-state index in [1.807, 2.05) is 13.8 Å². The summed E-state index contributed by atoms with van der Waals surface area (Å²) in [5, 5.41) is 8.94. The van der Waals surface area contributed by atoms with E-state index in [2.05, 4.69) is 4.74 Å². The molecule has 0 aromatic carbocycles. The van der Waals surface area contributed by atoms with Crippen molar-refractivity contribution in [1.82, 2.24) is 0 Å². The molecule has 0 aromatic heterocycles. The summed E-state index contributed by atoms with van der Waals surface area (Å²) in [6.07, 6.45) is 0.778. The Kier molecular flexibility index (Phi) is 3.56. The van der Waals surface area contributed by atoms with Gasteiger partial charge in [0.2, 0.25) is 6.10 Å². The van der Waals surface area contributed by atoms with Gasteiger partial charge in [-0.05, 0) is 13.8 Å². The van der Waals surface area contributed by atoms with Gasteiger partial charge in [0, 0.05) is 6.42 Å². The molecule has 1 rings (SSSR count). The van der Waals surface area contributed by atoms with Crippen LogP contribution in [0, 0.1) is 0 Å². The fourth-order valence-corrected chi connectivity index (χ4v) is 1.46. The lowest BCUT2D eigenvalue weighted by molar-refractivity contribution is -0.140. The van der Waals surface area contributed by atoms with Crippen molar-refractivity contribution in [2.45, 2.75) is 44.6 Å². The average Bonchev–Trinajstić information content (AvgIpc) is 2.29. The Morgan fingerprint density at radius 1 is 1.67 bits per heavy atom. The van der Waals surface area contributed by atoms with Crippen molar-refractivity contribution < 1.29 is 14.6 Å². The van der Waals surface area contributed by atoms with Gasteiger partial charge in [0.25, 0.3) is 0 Å². The molecular formula is C8H16BO3+. The lowest BCUT2D eigenvalue weighted by Crippen LogP contribution is -2.31. The minimum absolute atomic E-state index is 0.00463. The number of aliphatic hydroxyl groups excluding tert-OH is 1. The molecule has 68 valence electrons. The van der Waals surface area contributed by atoms with Crippen LogP contribution in [0.25, 0.3) is 0 Å². The van der Waals surface area contributed by atoms with E-state index >= 15 is 0 Å². The second-order valence-electron chi connectivity index (χ2n) is 3.43. The third-order valence-electron chi connectivity index (χ3n) is 1.92. The van der Waals surface area contributed by atoms with E-state index in [9.17, 15) is 0 Å². The molecule has 2 radical (unpaired) electrons. The first-order chi connectivity index (χ1) is 5.63. The number of hydrogen-bond donors (Lipinski definition) is 1. The standard InChI is InChI=1S/C8H15BO3/c1-5(2)11-6-3-8(9)12-7(6)4-10/h5-8,10H,3-4H2,1-2H3/p+1/t6-,7-,8-/m1/s1. The summed E-state index contributed by atoms with van der Waals surface area (Å²) in [6, 6.07) is -0.161. The Bertz CT molecular complexity index is 140. The van der Waals surface area contributed by atoms with Crippen LogP contribution in [0.4, 0.5) is 0 Å². The first-order valence-corrected chi connectivity index (χ1v) is 4.35. The third-order valence-corrected chi connectivity index (χ3v) is 1.92. The van der Waals surface area contributed by atoms with Gasteiger partial charge in [0.1, 0.15) is 18.7 Å². The van der Waals surface area contributed by atoms with Gasteiger partial charge in [0.05, 0.1) is 6.10 Å². The molecule has 3 atom stereocenters. The van der Waals surface area contributed by atoms with E-state index in [0.29, 0.717) is 0 Å². The highest BCUT2D eigenvalue weighted by molar-refractivity contribution is 6.11. The normalized spacial score (nSPS) is 36.2. The van der Waals surface area contributed by atoms with E-state index in [0.717, 1.165) is 6.42 Å². The molecular weight excluding hydrogens is 155 g/mol. The Hall–Kier alpha value is -0.0551. The van der Waals surface area contributed by atoms with Crippen LogP contribution in [0.1, 0.15) is 20.3 Å². The van der Waals surface area contributed by atoms with Crippen LogP contribution in [0.15, 0.2) is 0 Å². The minimum atomic E-state index is -0.161. The average molecular weight is 171 g/mol. The van der Waals surface area contributed by atoms with Gasteiger partial charge >= 0.3 is 0 Å². The molecule has 0 aliphatic carbocycles. The van der Waals surface area contributed by atoms with Crippen LogP contribution in [0.5, 0.6) is 0 Å². The molecule has 1 saturated heterocycles. The van der Waals surface area contributed by atoms with Crippen LogP contribution in [-0.4, -0.2) is 48.6 Å². The lowest BCUT2D eigenvalue weighted by atomic mass is 9.96. The van der Waals surface area contributed by atoms with Crippen molar-refractivity contribution in [3.63, 3.8) is 0 Å². The zero-order chi connectivity index (χ0) is 9.14. The summed E-state index contributed by atoms with van der Waals surface area (Å²) in [6.45, 7) is 3.97. The maximum atomic E-state index is 8.94. The van der Waals surface area contributed by atoms with Gasteiger partial charge in [-0.15, -0.1) is 0 Å².